The Bertz CT molecular complexity index is 1200. The lowest BCUT2D eigenvalue weighted by Crippen LogP contribution is -2.33. The Labute approximate surface area is 205 Å². The first-order valence-electron chi connectivity index (χ1n) is 11.4. The molecule has 3 nitrogen and oxygen atoms in total. The zero-order valence-corrected chi connectivity index (χ0v) is 20.2. The summed E-state index contributed by atoms with van der Waals surface area (Å²) >= 11 is 1.68. The van der Waals surface area contributed by atoms with Gasteiger partial charge in [0.25, 0.3) is 0 Å². The van der Waals surface area contributed by atoms with Crippen LogP contribution >= 0.6 is 23.7 Å². The van der Waals surface area contributed by atoms with Crippen molar-refractivity contribution < 1.29 is 9.53 Å². The minimum atomic E-state index is 0. The van der Waals surface area contributed by atoms with Crippen molar-refractivity contribution in [1.82, 2.24) is 4.90 Å². The van der Waals surface area contributed by atoms with E-state index in [1.165, 1.54) is 32.4 Å². The third-order valence-corrected chi connectivity index (χ3v) is 7.32. The first-order chi connectivity index (χ1) is 15.8. The molecule has 0 saturated carbocycles. The molecule has 4 aromatic rings. The molecule has 0 atom stereocenters. The molecular formula is C28H28ClNO2S. The minimum absolute atomic E-state index is 0. The van der Waals surface area contributed by atoms with Crippen LogP contribution in [0.3, 0.4) is 0 Å². The van der Waals surface area contributed by atoms with Gasteiger partial charge in [-0.3, -0.25) is 9.69 Å². The standard InChI is InChI=1S/C28H27NO2S.ClH/c30-27(21-13-15-23(16-14-21)31-20-19-29-17-7-2-8-18-29)26-24-11-5-6-12-25(24)32-28(26)22-9-3-1-4-10-22;/h1,3-6,9-16H,2,7-8,17-20H2;1H. The summed E-state index contributed by atoms with van der Waals surface area (Å²) in [5, 5.41) is 1.02. The van der Waals surface area contributed by atoms with E-state index in [0.717, 1.165) is 38.4 Å². The maximum atomic E-state index is 13.6. The Hall–Kier alpha value is -2.66. The molecule has 0 aliphatic carbocycles. The number of rotatable bonds is 7. The largest absolute Gasteiger partial charge is 0.492 e. The second-order valence-electron chi connectivity index (χ2n) is 8.27. The van der Waals surface area contributed by atoms with Gasteiger partial charge >= 0.3 is 0 Å². The third-order valence-electron chi connectivity index (χ3n) is 6.10. The topological polar surface area (TPSA) is 29.5 Å². The molecule has 1 aliphatic heterocycles. The van der Waals surface area contributed by atoms with Gasteiger partial charge in [-0.25, -0.2) is 0 Å². The highest BCUT2D eigenvalue weighted by Crippen LogP contribution is 2.39. The number of halogens is 1. The number of thiophene rings is 1. The summed E-state index contributed by atoms with van der Waals surface area (Å²) in [5.74, 6) is 0.873. The molecule has 5 heteroatoms. The lowest BCUT2D eigenvalue weighted by Gasteiger charge is -2.26. The van der Waals surface area contributed by atoms with Crippen molar-refractivity contribution in [2.45, 2.75) is 19.3 Å². The highest BCUT2D eigenvalue weighted by molar-refractivity contribution is 7.22. The summed E-state index contributed by atoms with van der Waals surface area (Å²) in [4.78, 5) is 17.1. The van der Waals surface area contributed by atoms with E-state index in [-0.39, 0.29) is 18.2 Å². The van der Waals surface area contributed by atoms with Crippen LogP contribution in [-0.2, 0) is 0 Å². The molecule has 3 aromatic carbocycles. The molecule has 0 radical (unpaired) electrons. The predicted octanol–water partition coefficient (Wildman–Crippen LogP) is 7.09. The number of hydrogen-bond donors (Lipinski definition) is 0. The van der Waals surface area contributed by atoms with Gasteiger partial charge in [0.05, 0.1) is 0 Å². The molecule has 0 amide bonds. The van der Waals surface area contributed by atoms with Gasteiger partial charge in [-0.05, 0) is 61.8 Å². The molecule has 1 aliphatic rings. The average molecular weight is 478 g/mol. The predicted molar refractivity (Wildman–Crippen MR) is 140 cm³/mol. The molecule has 0 N–H and O–H groups in total. The fourth-order valence-electron chi connectivity index (χ4n) is 4.39. The van der Waals surface area contributed by atoms with Gasteiger partial charge in [-0.1, -0.05) is 55.0 Å². The summed E-state index contributed by atoms with van der Waals surface area (Å²) in [7, 11) is 0. The Morgan fingerprint density at radius 1 is 0.848 bits per heavy atom. The Morgan fingerprint density at radius 2 is 1.55 bits per heavy atom. The molecule has 1 fully saturated rings. The van der Waals surface area contributed by atoms with E-state index in [4.69, 9.17) is 4.74 Å². The first kappa shape index (κ1) is 23.5. The molecule has 1 saturated heterocycles. The number of benzene rings is 3. The van der Waals surface area contributed by atoms with Gasteiger partial charge < -0.3 is 4.74 Å². The van der Waals surface area contributed by atoms with E-state index in [2.05, 4.69) is 23.1 Å². The van der Waals surface area contributed by atoms with Gasteiger partial charge in [0.15, 0.2) is 5.78 Å². The molecule has 33 heavy (non-hydrogen) atoms. The van der Waals surface area contributed by atoms with Crippen LogP contribution in [0.15, 0.2) is 78.9 Å². The summed E-state index contributed by atoms with van der Waals surface area (Å²) < 4.78 is 7.08. The maximum Gasteiger partial charge on any atom is 0.195 e. The first-order valence-corrected chi connectivity index (χ1v) is 12.2. The van der Waals surface area contributed by atoms with Crippen molar-refractivity contribution in [1.29, 1.82) is 0 Å². The van der Waals surface area contributed by atoms with Crippen LogP contribution in [0, 0.1) is 0 Å². The molecule has 0 bridgehead atoms. The van der Waals surface area contributed by atoms with Crippen LogP contribution in [0.5, 0.6) is 5.75 Å². The van der Waals surface area contributed by atoms with Gasteiger partial charge in [0.2, 0.25) is 0 Å². The number of likely N-dealkylation sites (tertiary alicyclic amines) is 1. The fraction of sp³-hybridized carbons (Fsp3) is 0.250. The normalized spacial score (nSPS) is 14.1. The van der Waals surface area contributed by atoms with Crippen molar-refractivity contribution in [3.8, 4) is 16.2 Å². The molecule has 0 spiro atoms. The molecule has 0 unspecified atom stereocenters. The fourth-order valence-corrected chi connectivity index (χ4v) is 5.59. The highest BCUT2D eigenvalue weighted by Gasteiger charge is 2.21. The number of carbonyl (C=O) groups excluding carboxylic acids is 1. The van der Waals surface area contributed by atoms with Crippen LogP contribution in [0.4, 0.5) is 0 Å². The van der Waals surface area contributed by atoms with E-state index in [1.807, 2.05) is 60.7 Å². The van der Waals surface area contributed by atoms with Crippen LogP contribution in [0.2, 0.25) is 0 Å². The quantitative estimate of drug-likeness (QED) is 0.266. The Balaban J connectivity index is 0.00000259. The van der Waals surface area contributed by atoms with Crippen LogP contribution in [0.25, 0.3) is 20.5 Å². The van der Waals surface area contributed by atoms with Gasteiger partial charge in [0, 0.05) is 32.6 Å². The summed E-state index contributed by atoms with van der Waals surface area (Å²) in [6, 6.07) is 25.9. The molecule has 2 heterocycles. The lowest BCUT2D eigenvalue weighted by molar-refractivity contribution is 0.104. The zero-order chi connectivity index (χ0) is 21.8. The number of fused-ring (bicyclic) bond motifs is 1. The highest BCUT2D eigenvalue weighted by atomic mass is 35.5. The van der Waals surface area contributed by atoms with Crippen molar-refractivity contribution >= 4 is 39.6 Å². The summed E-state index contributed by atoms with van der Waals surface area (Å²) in [6.07, 6.45) is 3.93. The van der Waals surface area contributed by atoms with Gasteiger partial charge in [-0.2, -0.15) is 0 Å². The summed E-state index contributed by atoms with van der Waals surface area (Å²) in [5.41, 5.74) is 2.55. The van der Waals surface area contributed by atoms with Crippen molar-refractivity contribution in [2.24, 2.45) is 0 Å². The van der Waals surface area contributed by atoms with E-state index in [0.29, 0.717) is 12.2 Å². The Morgan fingerprint density at radius 3 is 2.30 bits per heavy atom. The molecule has 170 valence electrons. The molecular weight excluding hydrogens is 450 g/mol. The zero-order valence-electron chi connectivity index (χ0n) is 18.5. The van der Waals surface area contributed by atoms with Gasteiger partial charge in [0.1, 0.15) is 12.4 Å². The number of piperidine rings is 1. The number of nitrogens with zero attached hydrogens (tertiary/aromatic N) is 1. The number of carbonyl (C=O) groups is 1. The minimum Gasteiger partial charge on any atom is -0.492 e. The van der Waals surface area contributed by atoms with Crippen LogP contribution in [-0.4, -0.2) is 36.9 Å². The van der Waals surface area contributed by atoms with Crippen molar-refractivity contribution in [3.63, 3.8) is 0 Å². The van der Waals surface area contributed by atoms with Gasteiger partial charge in [-0.15, -0.1) is 23.7 Å². The van der Waals surface area contributed by atoms with Crippen LogP contribution < -0.4 is 4.74 Å². The second-order valence-corrected chi connectivity index (χ2v) is 9.32. The smallest absolute Gasteiger partial charge is 0.195 e. The molecule has 5 rings (SSSR count). The van der Waals surface area contributed by atoms with E-state index in [1.54, 1.807) is 11.3 Å². The second kappa shape index (κ2) is 11.0. The van der Waals surface area contributed by atoms with Crippen LogP contribution in [0.1, 0.15) is 35.2 Å². The number of hydrogen-bond acceptors (Lipinski definition) is 4. The average Bonchev–Trinajstić information content (AvgIpc) is 3.25. The maximum absolute atomic E-state index is 13.6. The monoisotopic (exact) mass is 477 g/mol. The van der Waals surface area contributed by atoms with E-state index in [9.17, 15) is 4.79 Å². The lowest BCUT2D eigenvalue weighted by atomic mass is 9.97. The molecule has 1 aromatic heterocycles. The number of ether oxygens (including phenoxy) is 1. The summed E-state index contributed by atoms with van der Waals surface area (Å²) in [6.45, 7) is 3.99. The SMILES string of the molecule is Cl.O=C(c1ccc(OCCN2CCCCC2)cc1)c1c(-c2ccccc2)sc2ccccc12. The van der Waals surface area contributed by atoms with E-state index >= 15 is 0 Å². The van der Waals surface area contributed by atoms with Crippen molar-refractivity contribution in [3.05, 3.63) is 90.0 Å². The third kappa shape index (κ3) is 5.30. The number of ketones is 1. The Kier molecular flexibility index (Phi) is 7.81. The van der Waals surface area contributed by atoms with Crippen molar-refractivity contribution in [2.75, 3.05) is 26.2 Å². The van der Waals surface area contributed by atoms with E-state index < -0.39 is 0 Å².